The molecule has 3 amide bonds. The number of rotatable bonds is 2. The van der Waals surface area contributed by atoms with E-state index in [0.717, 1.165) is 12.1 Å². The maximum Gasteiger partial charge on any atom is 0.429 e. The molecule has 0 bridgehead atoms. The Morgan fingerprint density at radius 3 is 2.41 bits per heavy atom. The normalized spacial score (nSPS) is 16.5. The fourth-order valence-electron chi connectivity index (χ4n) is 1.81. The lowest BCUT2D eigenvalue weighted by molar-refractivity contribution is -0.121. The first-order valence-electron chi connectivity index (χ1n) is 6.94. The Hall–Kier alpha value is -2.61. The van der Waals surface area contributed by atoms with E-state index in [1.54, 1.807) is 0 Å². The van der Waals surface area contributed by atoms with Crippen LogP contribution in [-0.4, -0.2) is 36.0 Å². The van der Waals surface area contributed by atoms with Crippen molar-refractivity contribution in [2.75, 3.05) is 13.1 Å². The molecule has 2 fully saturated rings. The minimum atomic E-state index is -0.519. The fourth-order valence-corrected chi connectivity index (χ4v) is 1.81. The topological polar surface area (TPSA) is 99.8 Å². The van der Waals surface area contributed by atoms with E-state index in [9.17, 15) is 14.4 Å². The van der Waals surface area contributed by atoms with E-state index in [1.165, 1.54) is 5.01 Å². The SMILES string of the molecule is O=C1CCN(C(=O)OCc2ccccc2)N1.O=C1CCNN1. The van der Waals surface area contributed by atoms with E-state index >= 15 is 0 Å². The summed E-state index contributed by atoms with van der Waals surface area (Å²) in [4.78, 5) is 32.4. The molecule has 0 saturated carbocycles. The van der Waals surface area contributed by atoms with E-state index in [0.29, 0.717) is 19.4 Å². The van der Waals surface area contributed by atoms with Crippen molar-refractivity contribution in [1.82, 2.24) is 21.3 Å². The minimum absolute atomic E-state index is 0.0926. The van der Waals surface area contributed by atoms with Crippen LogP contribution in [0.5, 0.6) is 0 Å². The maximum absolute atomic E-state index is 11.5. The second kappa shape index (κ2) is 7.99. The van der Waals surface area contributed by atoms with Gasteiger partial charge in [0.1, 0.15) is 6.61 Å². The summed E-state index contributed by atoms with van der Waals surface area (Å²) in [5.41, 5.74) is 8.43. The Kier molecular flexibility index (Phi) is 5.73. The molecule has 3 N–H and O–H groups in total. The molecule has 1 aromatic carbocycles. The molecule has 2 heterocycles. The Morgan fingerprint density at radius 1 is 1.14 bits per heavy atom. The summed E-state index contributed by atoms with van der Waals surface area (Å²) in [5.74, 6) is -0.0633. The number of nitrogens with zero attached hydrogens (tertiary/aromatic N) is 1. The highest BCUT2D eigenvalue weighted by atomic mass is 16.6. The molecule has 0 spiro atoms. The minimum Gasteiger partial charge on any atom is -0.443 e. The lowest BCUT2D eigenvalue weighted by Gasteiger charge is -2.14. The lowest BCUT2D eigenvalue weighted by Crippen LogP contribution is -2.38. The molecule has 118 valence electrons. The molecule has 22 heavy (non-hydrogen) atoms. The summed E-state index contributed by atoms with van der Waals surface area (Å²) < 4.78 is 5.03. The molecule has 3 rings (SSSR count). The molecule has 2 aliphatic rings. The van der Waals surface area contributed by atoms with Crippen LogP contribution < -0.4 is 16.3 Å². The van der Waals surface area contributed by atoms with E-state index in [4.69, 9.17) is 4.74 Å². The molecule has 8 nitrogen and oxygen atoms in total. The van der Waals surface area contributed by atoms with Crippen molar-refractivity contribution in [2.45, 2.75) is 19.4 Å². The second-order valence-electron chi connectivity index (χ2n) is 4.70. The van der Waals surface area contributed by atoms with Gasteiger partial charge in [0.2, 0.25) is 11.8 Å². The van der Waals surface area contributed by atoms with Crippen LogP contribution in [0.15, 0.2) is 30.3 Å². The molecule has 0 atom stereocenters. The number of carbonyl (C=O) groups excluding carboxylic acids is 3. The highest BCUT2D eigenvalue weighted by Gasteiger charge is 2.24. The van der Waals surface area contributed by atoms with Crippen molar-refractivity contribution < 1.29 is 19.1 Å². The van der Waals surface area contributed by atoms with Crippen molar-refractivity contribution >= 4 is 17.9 Å². The van der Waals surface area contributed by atoms with Gasteiger partial charge in [-0.2, -0.15) is 0 Å². The molecule has 0 unspecified atom stereocenters. The van der Waals surface area contributed by atoms with Crippen molar-refractivity contribution in [2.24, 2.45) is 0 Å². The van der Waals surface area contributed by atoms with Gasteiger partial charge in [-0.05, 0) is 5.56 Å². The molecule has 2 aliphatic heterocycles. The zero-order valence-electron chi connectivity index (χ0n) is 12.0. The van der Waals surface area contributed by atoms with Crippen LogP contribution in [0.2, 0.25) is 0 Å². The third-order valence-electron chi connectivity index (χ3n) is 2.95. The van der Waals surface area contributed by atoms with Crippen LogP contribution in [0.4, 0.5) is 4.79 Å². The number of amides is 3. The predicted molar refractivity (Wildman–Crippen MR) is 76.9 cm³/mol. The van der Waals surface area contributed by atoms with Gasteiger partial charge in [0, 0.05) is 19.4 Å². The number of hydrogen-bond donors (Lipinski definition) is 3. The van der Waals surface area contributed by atoms with Crippen molar-refractivity contribution in [1.29, 1.82) is 0 Å². The number of nitrogens with one attached hydrogen (secondary N) is 3. The zero-order valence-corrected chi connectivity index (χ0v) is 12.0. The molecular weight excluding hydrogens is 288 g/mol. The molecule has 8 heteroatoms. The standard InChI is InChI=1S/C11H12N2O3.C3H6N2O/c14-10-6-7-13(12-10)11(15)16-8-9-4-2-1-3-5-9;6-3-1-2-4-5-3/h1-5H,6-8H2,(H,12,14);4H,1-2H2,(H,5,6). The van der Waals surface area contributed by atoms with Crippen molar-refractivity contribution in [3.63, 3.8) is 0 Å². The lowest BCUT2D eigenvalue weighted by atomic mass is 10.2. The number of carbonyl (C=O) groups is 3. The zero-order chi connectivity index (χ0) is 15.8. The average Bonchev–Trinajstić information content (AvgIpc) is 3.18. The number of hydrogen-bond acceptors (Lipinski definition) is 5. The first-order valence-corrected chi connectivity index (χ1v) is 6.94. The number of hydrazine groups is 2. The van der Waals surface area contributed by atoms with E-state index < -0.39 is 6.09 Å². The molecular formula is C14H18N4O4. The molecule has 0 aliphatic carbocycles. The molecule has 2 saturated heterocycles. The van der Waals surface area contributed by atoms with Gasteiger partial charge in [-0.3, -0.25) is 20.4 Å². The highest BCUT2D eigenvalue weighted by molar-refractivity contribution is 5.82. The maximum atomic E-state index is 11.5. The molecule has 1 aromatic rings. The summed E-state index contributed by atoms with van der Waals surface area (Å²) in [6.45, 7) is 1.36. The van der Waals surface area contributed by atoms with Crippen LogP contribution in [0, 0.1) is 0 Å². The van der Waals surface area contributed by atoms with Gasteiger partial charge in [0.05, 0.1) is 6.54 Å². The van der Waals surface area contributed by atoms with Gasteiger partial charge in [0.25, 0.3) is 0 Å². The first kappa shape index (κ1) is 15.8. The van der Waals surface area contributed by atoms with Gasteiger partial charge < -0.3 is 4.74 Å². The van der Waals surface area contributed by atoms with E-state index in [2.05, 4.69) is 16.3 Å². The number of benzene rings is 1. The van der Waals surface area contributed by atoms with Gasteiger partial charge >= 0.3 is 6.09 Å². The third-order valence-corrected chi connectivity index (χ3v) is 2.95. The monoisotopic (exact) mass is 306 g/mol. The van der Waals surface area contributed by atoms with Gasteiger partial charge in [-0.25, -0.2) is 15.2 Å². The summed E-state index contributed by atoms with van der Waals surface area (Å²) in [5, 5.41) is 1.19. The summed E-state index contributed by atoms with van der Waals surface area (Å²) in [7, 11) is 0. The van der Waals surface area contributed by atoms with Crippen LogP contribution >= 0.6 is 0 Å². The summed E-state index contributed by atoms with van der Waals surface area (Å²) >= 11 is 0. The van der Waals surface area contributed by atoms with Crippen LogP contribution in [0.25, 0.3) is 0 Å². The summed E-state index contributed by atoms with van der Waals surface area (Å²) in [6.07, 6.45) is 0.440. The highest BCUT2D eigenvalue weighted by Crippen LogP contribution is 2.05. The van der Waals surface area contributed by atoms with Gasteiger partial charge in [-0.1, -0.05) is 30.3 Å². The molecule has 0 radical (unpaired) electrons. The van der Waals surface area contributed by atoms with Crippen molar-refractivity contribution in [3.05, 3.63) is 35.9 Å². The second-order valence-corrected chi connectivity index (χ2v) is 4.70. The summed E-state index contributed by atoms with van der Waals surface area (Å²) in [6, 6.07) is 9.39. The van der Waals surface area contributed by atoms with E-state index in [1.807, 2.05) is 30.3 Å². The van der Waals surface area contributed by atoms with Gasteiger partial charge in [0.15, 0.2) is 0 Å². The Balaban J connectivity index is 0.000000246. The fraction of sp³-hybridized carbons (Fsp3) is 0.357. The molecule has 0 aromatic heterocycles. The first-order chi connectivity index (χ1) is 10.6. The quantitative estimate of drug-likeness (QED) is 0.718. The van der Waals surface area contributed by atoms with Crippen LogP contribution in [0.3, 0.4) is 0 Å². The third kappa shape index (κ3) is 5.06. The Labute approximate surface area is 127 Å². The smallest absolute Gasteiger partial charge is 0.429 e. The van der Waals surface area contributed by atoms with Crippen molar-refractivity contribution in [3.8, 4) is 0 Å². The largest absolute Gasteiger partial charge is 0.443 e. The van der Waals surface area contributed by atoms with Crippen LogP contribution in [-0.2, 0) is 20.9 Å². The van der Waals surface area contributed by atoms with E-state index in [-0.39, 0.29) is 18.4 Å². The Morgan fingerprint density at radius 2 is 1.91 bits per heavy atom. The predicted octanol–water partition coefficient (Wildman–Crippen LogP) is 0.0710. The number of ether oxygens (including phenoxy) is 1. The average molecular weight is 306 g/mol. The Bertz CT molecular complexity index is 527. The van der Waals surface area contributed by atoms with Crippen LogP contribution in [0.1, 0.15) is 18.4 Å². The van der Waals surface area contributed by atoms with Gasteiger partial charge in [-0.15, -0.1) is 0 Å².